The average Bonchev–Trinajstić information content (AvgIpc) is 1.84. The van der Waals surface area contributed by atoms with Crippen molar-refractivity contribution in [2.75, 3.05) is 0 Å². The summed E-state index contributed by atoms with van der Waals surface area (Å²) in [6.45, 7) is 0. The lowest BCUT2D eigenvalue weighted by molar-refractivity contribution is 1.44. The highest BCUT2D eigenvalue weighted by molar-refractivity contribution is 7.87. The van der Waals surface area contributed by atoms with Crippen LogP contribution in [0.4, 0.5) is 0 Å². The normalized spacial score (nSPS) is 10.9. The molecule has 0 radical (unpaired) electrons. The minimum atomic E-state index is -0.713. The molecular formula is C4H2N2S2. The van der Waals surface area contributed by atoms with Gasteiger partial charge in [-0.25, -0.2) is 0 Å². The highest BCUT2D eigenvalue weighted by Crippen LogP contribution is 1.94. The number of nitrogens with zero attached hydrogens (tertiary/aromatic N) is 2. The maximum atomic E-state index is 8.07. The van der Waals surface area contributed by atoms with Crippen LogP contribution in [0.25, 0.3) is 0 Å². The van der Waals surface area contributed by atoms with Gasteiger partial charge in [-0.05, 0) is 0 Å². The Morgan fingerprint density at radius 3 is 2.25 bits per heavy atom. The van der Waals surface area contributed by atoms with E-state index in [0.29, 0.717) is 0 Å². The summed E-state index contributed by atoms with van der Waals surface area (Å²) in [6.07, 6.45) is 0. The lowest BCUT2D eigenvalue weighted by Crippen LogP contribution is -2.05. The Bertz CT molecular complexity index is 173. The first-order chi connectivity index (χ1) is 3.72. The van der Waals surface area contributed by atoms with E-state index in [1.54, 1.807) is 12.1 Å². The molecule has 8 heavy (non-hydrogen) atoms. The Morgan fingerprint density at radius 1 is 1.62 bits per heavy atom. The van der Waals surface area contributed by atoms with Crippen molar-refractivity contribution in [3.63, 3.8) is 0 Å². The molecule has 0 amide bonds. The van der Waals surface area contributed by atoms with Crippen molar-refractivity contribution in [3.05, 3.63) is 0 Å². The second-order valence-corrected chi connectivity index (χ2v) is 1.96. The summed E-state index contributed by atoms with van der Waals surface area (Å²) in [7, 11) is 0. The van der Waals surface area contributed by atoms with E-state index in [2.05, 4.69) is 24.8 Å². The third-order valence-electron chi connectivity index (χ3n) is 0.481. The number of hydrogen-bond acceptors (Lipinski definition) is 4. The van der Waals surface area contributed by atoms with Gasteiger partial charge in [0.1, 0.15) is 16.2 Å². The van der Waals surface area contributed by atoms with Crippen LogP contribution in [0.3, 0.4) is 0 Å². The van der Waals surface area contributed by atoms with Crippen LogP contribution in [0, 0.1) is 22.7 Å². The van der Waals surface area contributed by atoms with Crippen LogP contribution >= 0.6 is 24.8 Å². The molecule has 0 aliphatic heterocycles. The molecule has 0 spiro atoms. The Labute approximate surface area is 58.1 Å². The molecule has 0 aromatic heterocycles. The molecule has 1 atom stereocenters. The molecule has 40 valence electrons. The van der Waals surface area contributed by atoms with Crippen LogP contribution in [0.5, 0.6) is 0 Å². The first-order valence-electron chi connectivity index (χ1n) is 1.74. The Hall–Kier alpha value is -0.580. The van der Waals surface area contributed by atoms with Crippen molar-refractivity contribution in [2.24, 2.45) is 0 Å². The van der Waals surface area contributed by atoms with Gasteiger partial charge in [0, 0.05) is 0 Å². The minimum absolute atomic E-state index is 0.0239. The third-order valence-corrected chi connectivity index (χ3v) is 1.36. The van der Waals surface area contributed by atoms with Gasteiger partial charge in [-0.3, -0.25) is 0 Å². The van der Waals surface area contributed by atoms with Crippen LogP contribution in [-0.2, 0) is 0 Å². The summed E-state index contributed by atoms with van der Waals surface area (Å²) < 4.78 is 0. The number of rotatable bonds is 1. The van der Waals surface area contributed by atoms with Crippen LogP contribution in [0.1, 0.15) is 0 Å². The van der Waals surface area contributed by atoms with Gasteiger partial charge >= 0.3 is 0 Å². The van der Waals surface area contributed by atoms with Gasteiger partial charge in [-0.1, -0.05) is 12.2 Å². The van der Waals surface area contributed by atoms with Crippen molar-refractivity contribution >= 4 is 29.7 Å². The van der Waals surface area contributed by atoms with E-state index in [4.69, 9.17) is 10.5 Å². The smallest absolute Gasteiger partial charge is 0.134 e. The third kappa shape index (κ3) is 1.92. The van der Waals surface area contributed by atoms with Gasteiger partial charge in [0.2, 0.25) is 0 Å². The molecule has 4 heteroatoms. The standard InChI is InChI=1S/C4H2N2S2/c5-1-3(7)4(8)2-6/h3,7H. The van der Waals surface area contributed by atoms with Crippen LogP contribution in [0.2, 0.25) is 0 Å². The molecule has 0 aliphatic rings. The molecule has 1 unspecified atom stereocenters. The minimum Gasteiger partial charge on any atom is -0.197 e. The number of hydrogen-bond donors (Lipinski definition) is 1. The van der Waals surface area contributed by atoms with Gasteiger partial charge in [0.15, 0.2) is 0 Å². The zero-order valence-electron chi connectivity index (χ0n) is 3.83. The predicted octanol–water partition coefficient (Wildman–Crippen LogP) is 0.702. The van der Waals surface area contributed by atoms with Crippen molar-refractivity contribution in [3.8, 4) is 12.1 Å². The van der Waals surface area contributed by atoms with E-state index in [9.17, 15) is 0 Å². The molecule has 0 bridgehead atoms. The number of nitriles is 2. The maximum Gasteiger partial charge on any atom is 0.134 e. The molecule has 0 saturated carbocycles. The van der Waals surface area contributed by atoms with Gasteiger partial charge in [0.25, 0.3) is 0 Å². The summed E-state index contributed by atoms with van der Waals surface area (Å²) in [5, 5.41) is 15.4. The average molecular weight is 142 g/mol. The summed E-state index contributed by atoms with van der Waals surface area (Å²) >= 11 is 8.10. The van der Waals surface area contributed by atoms with Gasteiger partial charge in [0.05, 0.1) is 6.07 Å². The Morgan fingerprint density at radius 2 is 2.12 bits per heavy atom. The summed E-state index contributed by atoms with van der Waals surface area (Å²) in [4.78, 5) is 0.0239. The summed E-state index contributed by atoms with van der Waals surface area (Å²) in [5.41, 5.74) is 0. The molecule has 0 saturated heterocycles. The highest BCUT2D eigenvalue weighted by atomic mass is 32.1. The van der Waals surface area contributed by atoms with E-state index >= 15 is 0 Å². The summed E-state index contributed by atoms with van der Waals surface area (Å²) in [5.74, 6) is 0. The first kappa shape index (κ1) is 7.42. The zero-order valence-corrected chi connectivity index (χ0v) is 5.54. The number of thiocarbonyl (C=S) groups is 1. The van der Waals surface area contributed by atoms with Gasteiger partial charge < -0.3 is 0 Å². The first-order valence-corrected chi connectivity index (χ1v) is 2.66. The fraction of sp³-hybridized carbons (Fsp3) is 0.250. The van der Waals surface area contributed by atoms with Gasteiger partial charge in [-0.2, -0.15) is 23.2 Å². The van der Waals surface area contributed by atoms with Crippen LogP contribution in [0.15, 0.2) is 0 Å². The molecular weight excluding hydrogens is 140 g/mol. The highest BCUT2D eigenvalue weighted by Gasteiger charge is 2.04. The quantitative estimate of drug-likeness (QED) is 0.433. The molecule has 2 nitrogen and oxygen atoms in total. The molecule has 0 rings (SSSR count). The van der Waals surface area contributed by atoms with Gasteiger partial charge in [-0.15, -0.1) is 0 Å². The van der Waals surface area contributed by atoms with Crippen molar-refractivity contribution in [1.29, 1.82) is 10.5 Å². The van der Waals surface area contributed by atoms with Crippen LogP contribution in [-0.4, -0.2) is 10.1 Å². The molecule has 0 N–H and O–H groups in total. The van der Waals surface area contributed by atoms with Crippen molar-refractivity contribution in [1.82, 2.24) is 0 Å². The number of thiol groups is 1. The fourth-order valence-electron chi connectivity index (χ4n) is 0.120. The molecule has 0 aliphatic carbocycles. The van der Waals surface area contributed by atoms with E-state index in [-0.39, 0.29) is 4.86 Å². The van der Waals surface area contributed by atoms with E-state index < -0.39 is 5.25 Å². The van der Waals surface area contributed by atoms with E-state index in [1.165, 1.54) is 0 Å². The van der Waals surface area contributed by atoms with E-state index in [0.717, 1.165) is 0 Å². The topological polar surface area (TPSA) is 47.6 Å². The Kier molecular flexibility index (Phi) is 3.18. The largest absolute Gasteiger partial charge is 0.197 e. The van der Waals surface area contributed by atoms with E-state index in [1.807, 2.05) is 0 Å². The van der Waals surface area contributed by atoms with Crippen molar-refractivity contribution in [2.45, 2.75) is 5.25 Å². The SMILES string of the molecule is N#CC(=S)C(S)C#N. The predicted molar refractivity (Wildman–Crippen MR) is 36.6 cm³/mol. The second kappa shape index (κ2) is 3.43. The monoisotopic (exact) mass is 142 g/mol. The molecule has 0 heterocycles. The Balaban J connectivity index is 3.93. The van der Waals surface area contributed by atoms with Crippen molar-refractivity contribution < 1.29 is 0 Å². The second-order valence-electron chi connectivity index (χ2n) is 1.01. The lowest BCUT2D eigenvalue weighted by Gasteiger charge is -1.88. The van der Waals surface area contributed by atoms with Crippen LogP contribution < -0.4 is 0 Å². The fourth-order valence-corrected chi connectivity index (χ4v) is 0.230. The maximum absolute atomic E-state index is 8.07. The molecule has 0 aromatic rings. The lowest BCUT2D eigenvalue weighted by atomic mass is 10.3. The summed E-state index contributed by atoms with van der Waals surface area (Å²) in [6, 6.07) is 3.36. The zero-order chi connectivity index (χ0) is 6.57. The molecule has 0 aromatic carbocycles. The molecule has 0 fully saturated rings.